The predicted octanol–water partition coefficient (Wildman–Crippen LogP) is 1.60. The number of aryl methyl sites for hydroxylation is 1. The van der Waals surface area contributed by atoms with Crippen molar-refractivity contribution in [1.82, 2.24) is 4.90 Å². The van der Waals surface area contributed by atoms with Crippen LogP contribution in [0.2, 0.25) is 0 Å². The quantitative estimate of drug-likeness (QED) is 0.670. The number of hydrogen-bond acceptors (Lipinski definition) is 6. The van der Waals surface area contributed by atoms with Crippen LogP contribution in [0, 0.1) is 13.8 Å². The number of ether oxygens (including phenoxy) is 2. The van der Waals surface area contributed by atoms with Gasteiger partial charge in [-0.3, -0.25) is 9.69 Å². The molecule has 1 heterocycles. The number of thiophene rings is 1. The Morgan fingerprint density at radius 1 is 1.17 bits per heavy atom. The van der Waals surface area contributed by atoms with Gasteiger partial charge in [0.1, 0.15) is 5.00 Å². The Morgan fingerprint density at radius 2 is 1.74 bits per heavy atom. The van der Waals surface area contributed by atoms with Gasteiger partial charge >= 0.3 is 5.97 Å². The molecule has 0 saturated heterocycles. The number of hydrogen-bond donors (Lipinski definition) is 2. The third-order valence-electron chi connectivity index (χ3n) is 3.44. The van der Waals surface area contributed by atoms with E-state index in [4.69, 9.17) is 9.47 Å². The minimum atomic E-state index is -1.03. The molecule has 130 valence electrons. The van der Waals surface area contributed by atoms with E-state index in [9.17, 15) is 14.7 Å². The molecule has 2 N–H and O–H groups in total. The van der Waals surface area contributed by atoms with Gasteiger partial charge in [0.25, 0.3) is 0 Å². The number of carboxylic acid groups (broad SMARTS) is 1. The summed E-state index contributed by atoms with van der Waals surface area (Å²) in [6.45, 7) is 5.95. The highest BCUT2D eigenvalue weighted by atomic mass is 32.1. The molecule has 0 saturated carbocycles. The van der Waals surface area contributed by atoms with E-state index in [1.807, 2.05) is 11.8 Å². The van der Waals surface area contributed by atoms with Gasteiger partial charge in [0.05, 0.1) is 25.3 Å². The van der Waals surface area contributed by atoms with Crippen molar-refractivity contribution < 1.29 is 24.2 Å². The third-order valence-corrected chi connectivity index (χ3v) is 4.57. The lowest BCUT2D eigenvalue weighted by atomic mass is 10.1. The van der Waals surface area contributed by atoms with E-state index in [2.05, 4.69) is 5.32 Å². The molecule has 0 aliphatic carbocycles. The fourth-order valence-electron chi connectivity index (χ4n) is 2.05. The molecule has 0 bridgehead atoms. The number of carboxylic acids is 1. The number of aromatic carboxylic acids is 1. The summed E-state index contributed by atoms with van der Waals surface area (Å²) < 4.78 is 10.1. The van der Waals surface area contributed by atoms with E-state index in [0.29, 0.717) is 36.9 Å². The van der Waals surface area contributed by atoms with Gasteiger partial charge in [0, 0.05) is 32.2 Å². The Kier molecular flexibility index (Phi) is 8.18. The molecule has 1 aromatic heterocycles. The summed E-state index contributed by atoms with van der Waals surface area (Å²) in [5, 5.41) is 12.4. The van der Waals surface area contributed by atoms with Crippen LogP contribution < -0.4 is 5.32 Å². The second-order valence-corrected chi connectivity index (χ2v) is 6.33. The first-order valence-electron chi connectivity index (χ1n) is 7.24. The molecule has 8 heteroatoms. The molecule has 0 fully saturated rings. The summed E-state index contributed by atoms with van der Waals surface area (Å²) in [4.78, 5) is 26.4. The maximum absolute atomic E-state index is 12.2. The smallest absolute Gasteiger partial charge is 0.338 e. The molecule has 1 rings (SSSR count). The van der Waals surface area contributed by atoms with Crippen LogP contribution in [0.5, 0.6) is 0 Å². The SMILES string of the molecule is COCCN(CCOC)CC(=O)Nc1sc(C)c(C)c1C(=O)O. The van der Waals surface area contributed by atoms with Crippen molar-refractivity contribution in [1.29, 1.82) is 0 Å². The zero-order chi connectivity index (χ0) is 17.4. The van der Waals surface area contributed by atoms with Gasteiger partial charge in [-0.05, 0) is 19.4 Å². The Hall–Kier alpha value is -1.48. The monoisotopic (exact) mass is 344 g/mol. The zero-order valence-electron chi connectivity index (χ0n) is 14.0. The normalized spacial score (nSPS) is 11.0. The van der Waals surface area contributed by atoms with Crippen LogP contribution in [0.4, 0.5) is 5.00 Å². The third kappa shape index (κ3) is 5.91. The van der Waals surface area contributed by atoms with Crippen LogP contribution in [0.25, 0.3) is 0 Å². The summed E-state index contributed by atoms with van der Waals surface area (Å²) in [6, 6.07) is 0. The van der Waals surface area contributed by atoms with Crippen molar-refractivity contribution in [3.05, 3.63) is 16.0 Å². The van der Waals surface area contributed by atoms with Gasteiger partial charge in [0.15, 0.2) is 0 Å². The topological polar surface area (TPSA) is 88.1 Å². The van der Waals surface area contributed by atoms with Gasteiger partial charge in [0.2, 0.25) is 5.91 Å². The molecule has 0 aliphatic rings. The van der Waals surface area contributed by atoms with E-state index in [1.165, 1.54) is 11.3 Å². The summed E-state index contributed by atoms with van der Waals surface area (Å²) in [6.07, 6.45) is 0. The van der Waals surface area contributed by atoms with Crippen LogP contribution in [0.1, 0.15) is 20.8 Å². The Morgan fingerprint density at radius 3 is 2.22 bits per heavy atom. The van der Waals surface area contributed by atoms with Crippen molar-refractivity contribution >= 4 is 28.2 Å². The summed E-state index contributed by atoms with van der Waals surface area (Å²) in [5.41, 5.74) is 0.856. The van der Waals surface area contributed by atoms with E-state index in [-0.39, 0.29) is 18.0 Å². The minimum absolute atomic E-state index is 0.155. The number of carbonyl (C=O) groups is 2. The highest BCUT2D eigenvalue weighted by Gasteiger charge is 2.21. The Labute approximate surface area is 140 Å². The van der Waals surface area contributed by atoms with Gasteiger partial charge in [-0.2, -0.15) is 0 Å². The van der Waals surface area contributed by atoms with Gasteiger partial charge in [-0.1, -0.05) is 0 Å². The van der Waals surface area contributed by atoms with Crippen LogP contribution in [0.15, 0.2) is 0 Å². The molecule has 0 aliphatic heterocycles. The van der Waals surface area contributed by atoms with Crippen LogP contribution in [0.3, 0.4) is 0 Å². The molecule has 0 unspecified atom stereocenters. The van der Waals surface area contributed by atoms with Crippen molar-refractivity contribution in [2.45, 2.75) is 13.8 Å². The van der Waals surface area contributed by atoms with Gasteiger partial charge < -0.3 is 19.9 Å². The zero-order valence-corrected chi connectivity index (χ0v) is 14.8. The molecule has 1 amide bonds. The van der Waals surface area contributed by atoms with Crippen molar-refractivity contribution in [2.24, 2.45) is 0 Å². The number of carbonyl (C=O) groups excluding carboxylic acids is 1. The second kappa shape index (κ2) is 9.61. The average Bonchev–Trinajstić information content (AvgIpc) is 2.76. The van der Waals surface area contributed by atoms with Crippen molar-refractivity contribution in [3.63, 3.8) is 0 Å². The molecule has 0 spiro atoms. The fourth-order valence-corrected chi connectivity index (χ4v) is 3.12. The molecular weight excluding hydrogens is 320 g/mol. The fraction of sp³-hybridized carbons (Fsp3) is 0.600. The lowest BCUT2D eigenvalue weighted by molar-refractivity contribution is -0.117. The highest BCUT2D eigenvalue weighted by molar-refractivity contribution is 7.16. The van der Waals surface area contributed by atoms with Crippen LogP contribution >= 0.6 is 11.3 Å². The molecule has 23 heavy (non-hydrogen) atoms. The predicted molar refractivity (Wildman–Crippen MR) is 89.6 cm³/mol. The van der Waals surface area contributed by atoms with E-state index in [0.717, 1.165) is 4.88 Å². The van der Waals surface area contributed by atoms with Crippen molar-refractivity contribution in [3.8, 4) is 0 Å². The first kappa shape index (κ1) is 19.6. The van der Waals surface area contributed by atoms with Crippen LogP contribution in [-0.2, 0) is 14.3 Å². The van der Waals surface area contributed by atoms with E-state index >= 15 is 0 Å². The lowest BCUT2D eigenvalue weighted by Gasteiger charge is -2.20. The van der Waals surface area contributed by atoms with E-state index < -0.39 is 5.97 Å². The standard InChI is InChI=1S/C15H24N2O5S/c1-10-11(2)23-14(13(10)15(19)20)16-12(18)9-17(5-7-21-3)6-8-22-4/h5-9H2,1-4H3,(H,16,18)(H,19,20). The first-order chi connectivity index (χ1) is 10.9. The summed E-state index contributed by atoms with van der Waals surface area (Å²) in [7, 11) is 3.20. The van der Waals surface area contributed by atoms with Crippen LogP contribution in [-0.4, -0.2) is 69.0 Å². The summed E-state index contributed by atoms with van der Waals surface area (Å²) >= 11 is 1.28. The minimum Gasteiger partial charge on any atom is -0.478 e. The number of nitrogens with one attached hydrogen (secondary N) is 1. The van der Waals surface area contributed by atoms with Crippen molar-refractivity contribution in [2.75, 3.05) is 52.4 Å². The molecule has 0 atom stereocenters. The second-order valence-electron chi connectivity index (χ2n) is 5.10. The number of amides is 1. The Balaban J connectivity index is 2.74. The molecule has 0 radical (unpaired) electrons. The lowest BCUT2D eigenvalue weighted by Crippen LogP contribution is -2.37. The number of rotatable bonds is 10. The summed E-state index contributed by atoms with van der Waals surface area (Å²) in [5.74, 6) is -1.28. The van der Waals surface area contributed by atoms with Gasteiger partial charge in [-0.25, -0.2) is 4.79 Å². The first-order valence-corrected chi connectivity index (χ1v) is 8.05. The van der Waals surface area contributed by atoms with Gasteiger partial charge in [-0.15, -0.1) is 11.3 Å². The number of anilines is 1. The number of methoxy groups -OCH3 is 2. The molecule has 0 aromatic carbocycles. The molecule has 7 nitrogen and oxygen atoms in total. The van der Waals surface area contributed by atoms with E-state index in [1.54, 1.807) is 21.1 Å². The average molecular weight is 344 g/mol. The molecular formula is C15H24N2O5S. The maximum atomic E-state index is 12.2. The molecule has 1 aromatic rings. The highest BCUT2D eigenvalue weighted by Crippen LogP contribution is 2.32. The number of nitrogens with zero attached hydrogens (tertiary/aromatic N) is 1. The largest absolute Gasteiger partial charge is 0.478 e. The Bertz CT molecular complexity index is 536. The maximum Gasteiger partial charge on any atom is 0.338 e.